The van der Waals surface area contributed by atoms with Gasteiger partial charge in [0, 0.05) is 33.8 Å². The first-order valence-corrected chi connectivity index (χ1v) is 14.7. The van der Waals surface area contributed by atoms with Crippen molar-refractivity contribution in [3.63, 3.8) is 0 Å². The molecule has 0 radical (unpaired) electrons. The summed E-state index contributed by atoms with van der Waals surface area (Å²) in [5.74, 6) is -1.76. The highest BCUT2D eigenvalue weighted by molar-refractivity contribution is 9.10. The van der Waals surface area contributed by atoms with Crippen LogP contribution in [0.4, 0.5) is 5.13 Å². The lowest BCUT2D eigenvalue weighted by Crippen LogP contribution is -2.29. The van der Waals surface area contributed by atoms with Crippen molar-refractivity contribution in [2.75, 3.05) is 12.0 Å². The molecule has 0 aliphatic carbocycles. The van der Waals surface area contributed by atoms with Crippen LogP contribution in [0.3, 0.4) is 0 Å². The molecule has 0 bridgehead atoms. The van der Waals surface area contributed by atoms with Crippen molar-refractivity contribution in [1.29, 1.82) is 0 Å². The zero-order chi connectivity index (χ0) is 28.6. The van der Waals surface area contributed by atoms with Crippen molar-refractivity contribution in [2.24, 2.45) is 0 Å². The Balaban J connectivity index is 1.58. The predicted octanol–water partition coefficient (Wildman–Crippen LogP) is 6.64. The molecule has 1 aliphatic heterocycles. The Hall–Kier alpha value is -3.16. The molecule has 1 atom stereocenters. The number of nitrogens with zero attached hydrogens (tertiary/aromatic N) is 4. The standard InChI is InChI=1S/C26H17BrCl2N4O5S2/c1-38-18-9-14(8-16(27)22(18)35)20-19(21(34)12-4-6-30-7-5-12)23(36)24(37)33(20)25-31-32-26(40-25)39-11-13-2-3-15(28)10-17(13)29/h2-10,20,34-35H,11H2,1H3/b21-19+. The number of aliphatic hydroxyl groups excluding tert-OH is 1. The van der Waals surface area contributed by atoms with Crippen LogP contribution in [0.25, 0.3) is 5.76 Å². The predicted molar refractivity (Wildman–Crippen MR) is 157 cm³/mol. The number of hydrogen-bond donors (Lipinski definition) is 2. The van der Waals surface area contributed by atoms with Crippen LogP contribution in [0.5, 0.6) is 11.5 Å². The number of benzene rings is 2. The summed E-state index contributed by atoms with van der Waals surface area (Å²) in [6.07, 6.45) is 2.92. The Morgan fingerprint density at radius 3 is 2.60 bits per heavy atom. The van der Waals surface area contributed by atoms with Gasteiger partial charge >= 0.3 is 5.91 Å². The first-order valence-electron chi connectivity index (χ1n) is 11.4. The molecule has 2 aromatic carbocycles. The highest BCUT2D eigenvalue weighted by Crippen LogP contribution is 2.47. The number of rotatable bonds is 7. The number of anilines is 1. The van der Waals surface area contributed by atoms with Crippen LogP contribution in [0, 0.1) is 0 Å². The molecule has 2 aromatic heterocycles. The number of amides is 1. The molecule has 1 saturated heterocycles. The third kappa shape index (κ3) is 5.41. The number of carbonyl (C=O) groups excluding carboxylic acids is 2. The number of aromatic nitrogens is 3. The van der Waals surface area contributed by atoms with E-state index in [9.17, 15) is 19.8 Å². The SMILES string of the molecule is COc1cc(C2/C(=C(\O)c3ccncc3)C(=O)C(=O)N2c2nnc(SCc3ccc(Cl)cc3Cl)s2)cc(Br)c1O. The van der Waals surface area contributed by atoms with E-state index in [4.69, 9.17) is 27.9 Å². The van der Waals surface area contributed by atoms with E-state index >= 15 is 0 Å². The van der Waals surface area contributed by atoms with Crippen LogP contribution in [-0.4, -0.2) is 44.2 Å². The number of phenolic OH excluding ortho intramolecular Hbond substituents is 1. The van der Waals surface area contributed by atoms with E-state index < -0.39 is 17.7 Å². The van der Waals surface area contributed by atoms with E-state index in [2.05, 4.69) is 31.1 Å². The maximum Gasteiger partial charge on any atom is 0.301 e. The second-order valence-corrected chi connectivity index (χ2v) is 12.2. The van der Waals surface area contributed by atoms with Crippen LogP contribution in [0.15, 0.2) is 69.2 Å². The Kier molecular flexibility index (Phi) is 8.34. The number of aromatic hydroxyl groups is 1. The van der Waals surface area contributed by atoms with Gasteiger partial charge in [0.05, 0.1) is 23.2 Å². The molecule has 1 amide bonds. The molecule has 0 saturated carbocycles. The number of thioether (sulfide) groups is 1. The van der Waals surface area contributed by atoms with E-state index in [1.165, 1.54) is 54.4 Å². The molecule has 14 heteroatoms. The van der Waals surface area contributed by atoms with Crippen molar-refractivity contribution < 1.29 is 24.5 Å². The van der Waals surface area contributed by atoms with Gasteiger partial charge in [-0.25, -0.2) is 0 Å². The summed E-state index contributed by atoms with van der Waals surface area (Å²) in [5.41, 5.74) is 1.37. The van der Waals surface area contributed by atoms with Gasteiger partial charge in [-0.2, -0.15) is 0 Å². The average molecular weight is 680 g/mol. The molecule has 2 N–H and O–H groups in total. The van der Waals surface area contributed by atoms with Crippen molar-refractivity contribution >= 4 is 84.8 Å². The first kappa shape index (κ1) is 28.4. The number of pyridine rings is 1. The van der Waals surface area contributed by atoms with Crippen molar-refractivity contribution in [1.82, 2.24) is 15.2 Å². The van der Waals surface area contributed by atoms with Crippen molar-refractivity contribution in [3.05, 3.63) is 91.6 Å². The minimum absolute atomic E-state index is 0.104. The minimum atomic E-state index is -1.10. The van der Waals surface area contributed by atoms with Crippen LogP contribution in [0.1, 0.15) is 22.7 Å². The lowest BCUT2D eigenvalue weighted by atomic mass is 9.95. The van der Waals surface area contributed by atoms with Gasteiger partial charge in [0.15, 0.2) is 15.8 Å². The largest absolute Gasteiger partial charge is 0.507 e. The zero-order valence-electron chi connectivity index (χ0n) is 20.3. The number of ether oxygens (including phenoxy) is 1. The molecule has 3 heterocycles. The van der Waals surface area contributed by atoms with Crippen LogP contribution in [0.2, 0.25) is 10.0 Å². The highest BCUT2D eigenvalue weighted by atomic mass is 79.9. The van der Waals surface area contributed by atoms with Gasteiger partial charge in [0.1, 0.15) is 5.76 Å². The van der Waals surface area contributed by atoms with Gasteiger partial charge in [0.25, 0.3) is 5.78 Å². The summed E-state index contributed by atoms with van der Waals surface area (Å²) in [6.45, 7) is 0. The minimum Gasteiger partial charge on any atom is -0.507 e. The van der Waals surface area contributed by atoms with E-state index in [1.54, 1.807) is 18.2 Å². The number of halogens is 3. The average Bonchev–Trinajstić information content (AvgIpc) is 3.51. The molecule has 1 fully saturated rings. The molecular weight excluding hydrogens is 663 g/mol. The first-order chi connectivity index (χ1) is 19.2. The quantitative estimate of drug-likeness (QED) is 0.0727. The number of aliphatic hydroxyl groups is 1. The normalized spacial score (nSPS) is 16.5. The van der Waals surface area contributed by atoms with Crippen molar-refractivity contribution in [2.45, 2.75) is 16.1 Å². The number of phenols is 1. The van der Waals surface area contributed by atoms with Crippen LogP contribution in [-0.2, 0) is 15.3 Å². The van der Waals surface area contributed by atoms with Gasteiger partial charge in [-0.15, -0.1) is 10.2 Å². The van der Waals surface area contributed by atoms with E-state index in [1.807, 2.05) is 6.07 Å². The van der Waals surface area contributed by atoms with E-state index in [-0.39, 0.29) is 32.4 Å². The fourth-order valence-corrected chi connectivity index (χ4v) is 6.94. The van der Waals surface area contributed by atoms with Crippen LogP contribution >= 0.6 is 62.2 Å². The number of methoxy groups -OCH3 is 1. The van der Waals surface area contributed by atoms with E-state index in [0.717, 1.165) is 16.9 Å². The summed E-state index contributed by atoms with van der Waals surface area (Å²) < 4.78 is 6.09. The maximum atomic E-state index is 13.4. The Morgan fingerprint density at radius 2 is 1.90 bits per heavy atom. The molecule has 40 heavy (non-hydrogen) atoms. The molecule has 9 nitrogen and oxygen atoms in total. The monoisotopic (exact) mass is 678 g/mol. The highest BCUT2D eigenvalue weighted by Gasteiger charge is 2.48. The zero-order valence-corrected chi connectivity index (χ0v) is 25.1. The molecule has 1 unspecified atom stereocenters. The summed E-state index contributed by atoms with van der Waals surface area (Å²) in [7, 11) is 1.38. The second-order valence-electron chi connectivity index (χ2n) is 8.33. The third-order valence-electron chi connectivity index (χ3n) is 5.95. The van der Waals surface area contributed by atoms with Gasteiger partial charge < -0.3 is 14.9 Å². The van der Waals surface area contributed by atoms with Gasteiger partial charge in [-0.05, 0) is 63.5 Å². The second kappa shape index (κ2) is 11.8. The van der Waals surface area contributed by atoms with Gasteiger partial charge in [-0.1, -0.05) is 52.4 Å². The van der Waals surface area contributed by atoms with Gasteiger partial charge in [0.2, 0.25) is 5.13 Å². The summed E-state index contributed by atoms with van der Waals surface area (Å²) in [4.78, 5) is 31.9. The fraction of sp³-hybridized carbons (Fsp3) is 0.115. The molecule has 204 valence electrons. The number of ketones is 1. The molecule has 1 aliphatic rings. The Labute approximate surface area is 254 Å². The molecular formula is C26H17BrCl2N4O5S2. The lowest BCUT2D eigenvalue weighted by molar-refractivity contribution is -0.132. The third-order valence-corrected chi connectivity index (χ3v) is 9.25. The smallest absolute Gasteiger partial charge is 0.301 e. The Morgan fingerprint density at radius 1 is 1.15 bits per heavy atom. The molecule has 0 spiro atoms. The summed E-state index contributed by atoms with van der Waals surface area (Å²) in [5, 5.41) is 31.2. The number of carbonyl (C=O) groups is 2. The summed E-state index contributed by atoms with van der Waals surface area (Å²) in [6, 6.07) is 10.2. The summed E-state index contributed by atoms with van der Waals surface area (Å²) >= 11 is 18.0. The Bertz CT molecular complexity index is 1670. The number of Topliss-reactive ketones (excluding diaryl/α,β-unsaturated/α-hetero) is 1. The topological polar surface area (TPSA) is 126 Å². The fourth-order valence-electron chi connectivity index (χ4n) is 4.05. The van der Waals surface area contributed by atoms with Crippen LogP contribution < -0.4 is 9.64 Å². The van der Waals surface area contributed by atoms with Crippen molar-refractivity contribution in [3.8, 4) is 11.5 Å². The lowest BCUT2D eigenvalue weighted by Gasteiger charge is -2.23. The van der Waals surface area contributed by atoms with Gasteiger partial charge in [-0.3, -0.25) is 19.5 Å². The molecule has 4 aromatic rings. The maximum absolute atomic E-state index is 13.4. The molecule has 5 rings (SSSR count). The number of hydrogen-bond acceptors (Lipinski definition) is 10. The van der Waals surface area contributed by atoms with E-state index in [0.29, 0.717) is 31.3 Å².